The van der Waals surface area contributed by atoms with E-state index in [9.17, 15) is 14.7 Å². The highest BCUT2D eigenvalue weighted by molar-refractivity contribution is 5.98. The third-order valence-corrected chi connectivity index (χ3v) is 6.80. The maximum atomic E-state index is 13.5. The molecule has 0 saturated heterocycles. The van der Waals surface area contributed by atoms with Crippen molar-refractivity contribution in [2.24, 2.45) is 11.8 Å². The van der Waals surface area contributed by atoms with E-state index in [4.69, 9.17) is 4.74 Å². The molecule has 0 aromatic carbocycles. The van der Waals surface area contributed by atoms with E-state index in [1.54, 1.807) is 34.5 Å². The average Bonchev–Trinajstić information content (AvgIpc) is 2.79. The van der Waals surface area contributed by atoms with Crippen LogP contribution in [-0.2, 0) is 4.79 Å². The fraction of sp³-hybridized carbons (Fsp3) is 0.520. The number of pyridine rings is 2. The zero-order chi connectivity index (χ0) is 23.5. The summed E-state index contributed by atoms with van der Waals surface area (Å²) in [5.74, 6) is 0.222. The molecule has 2 aliphatic rings. The van der Waals surface area contributed by atoms with Crippen molar-refractivity contribution in [3.63, 3.8) is 0 Å². The second kappa shape index (κ2) is 9.87. The van der Waals surface area contributed by atoms with Crippen LogP contribution in [0.5, 0.6) is 5.88 Å². The lowest BCUT2D eigenvalue weighted by Gasteiger charge is -2.38. The Bertz CT molecular complexity index is 995. The molecule has 1 saturated carbocycles. The second-order valence-corrected chi connectivity index (χ2v) is 9.29. The molecule has 1 fully saturated rings. The molecule has 0 unspecified atom stereocenters. The lowest BCUT2D eigenvalue weighted by molar-refractivity contribution is -0.138. The lowest BCUT2D eigenvalue weighted by atomic mass is 9.84. The molecule has 0 spiro atoms. The molecule has 2 aromatic heterocycles. The molecule has 0 radical (unpaired) electrons. The zero-order valence-corrected chi connectivity index (χ0v) is 19.5. The highest BCUT2D eigenvalue weighted by Gasteiger charge is 2.36. The van der Waals surface area contributed by atoms with Gasteiger partial charge in [-0.3, -0.25) is 14.6 Å². The van der Waals surface area contributed by atoms with Crippen LogP contribution in [0.25, 0.3) is 11.1 Å². The standard InChI is InChI=1S/C25H32N4O4/c1-16-13-29(17(2)15-30)25(32)21-10-20(19-8-5-9-26-11-19)12-27-23(21)33-22(16)14-28(3)24(31)18-6-4-7-18/h5,8-12,16-18,22,30H,4,6-7,13-15H2,1-3H3/t16-,17-,22+/m0/s1. The van der Waals surface area contributed by atoms with Gasteiger partial charge in [0.15, 0.2) is 0 Å². The van der Waals surface area contributed by atoms with Gasteiger partial charge in [-0.1, -0.05) is 19.4 Å². The number of carbonyl (C=O) groups excluding carboxylic acids is 2. The van der Waals surface area contributed by atoms with E-state index in [0.29, 0.717) is 18.7 Å². The number of hydrogen-bond donors (Lipinski definition) is 1. The molecule has 3 atom stereocenters. The van der Waals surface area contributed by atoms with Gasteiger partial charge < -0.3 is 19.6 Å². The Morgan fingerprint density at radius 2 is 2.12 bits per heavy atom. The van der Waals surface area contributed by atoms with Gasteiger partial charge in [0.25, 0.3) is 5.91 Å². The number of fused-ring (bicyclic) bond motifs is 1. The third-order valence-electron chi connectivity index (χ3n) is 6.80. The first-order valence-electron chi connectivity index (χ1n) is 11.6. The molecular formula is C25H32N4O4. The van der Waals surface area contributed by atoms with Crippen molar-refractivity contribution in [1.82, 2.24) is 19.8 Å². The SMILES string of the molecule is C[C@H]1CN([C@@H](C)CO)C(=O)c2cc(-c3cccnc3)cnc2O[C@@H]1CN(C)C(=O)C1CCC1. The van der Waals surface area contributed by atoms with Gasteiger partial charge in [-0.25, -0.2) is 4.98 Å². The first-order chi connectivity index (χ1) is 15.9. The molecular weight excluding hydrogens is 420 g/mol. The van der Waals surface area contributed by atoms with Crippen LogP contribution in [0.15, 0.2) is 36.8 Å². The number of ether oxygens (including phenoxy) is 1. The highest BCUT2D eigenvalue weighted by Crippen LogP contribution is 2.31. The Hall–Kier alpha value is -3.00. The molecule has 1 N–H and O–H groups in total. The summed E-state index contributed by atoms with van der Waals surface area (Å²) in [6.45, 7) is 4.51. The summed E-state index contributed by atoms with van der Waals surface area (Å²) in [5, 5.41) is 9.81. The molecule has 8 nitrogen and oxygen atoms in total. The summed E-state index contributed by atoms with van der Waals surface area (Å²) in [4.78, 5) is 38.3. The maximum Gasteiger partial charge on any atom is 0.259 e. The van der Waals surface area contributed by atoms with Gasteiger partial charge in [0, 0.05) is 55.1 Å². The van der Waals surface area contributed by atoms with Crippen molar-refractivity contribution in [3.8, 4) is 17.0 Å². The minimum atomic E-state index is -0.358. The summed E-state index contributed by atoms with van der Waals surface area (Å²) >= 11 is 0. The Balaban J connectivity index is 1.67. The van der Waals surface area contributed by atoms with Gasteiger partial charge in [0.05, 0.1) is 19.2 Å². The number of nitrogens with zero attached hydrogens (tertiary/aromatic N) is 4. The van der Waals surface area contributed by atoms with Crippen molar-refractivity contribution in [2.75, 3.05) is 26.7 Å². The maximum absolute atomic E-state index is 13.5. The molecule has 2 aromatic rings. The van der Waals surface area contributed by atoms with Crippen LogP contribution in [0, 0.1) is 11.8 Å². The molecule has 1 aliphatic heterocycles. The van der Waals surface area contributed by atoms with E-state index >= 15 is 0 Å². The van der Waals surface area contributed by atoms with Crippen molar-refractivity contribution in [1.29, 1.82) is 0 Å². The van der Waals surface area contributed by atoms with Crippen LogP contribution in [-0.4, -0.2) is 75.6 Å². The quantitative estimate of drug-likeness (QED) is 0.724. The second-order valence-electron chi connectivity index (χ2n) is 9.29. The van der Waals surface area contributed by atoms with Crippen LogP contribution in [0.2, 0.25) is 0 Å². The Kier molecular flexibility index (Phi) is 6.93. The number of amides is 2. The molecule has 8 heteroatoms. The van der Waals surface area contributed by atoms with Crippen LogP contribution in [0.4, 0.5) is 0 Å². The van der Waals surface area contributed by atoms with Crippen LogP contribution in [0.1, 0.15) is 43.5 Å². The monoisotopic (exact) mass is 452 g/mol. The van der Waals surface area contributed by atoms with Crippen molar-refractivity contribution >= 4 is 11.8 Å². The molecule has 2 amide bonds. The normalized spacial score (nSPS) is 21.8. The first-order valence-corrected chi connectivity index (χ1v) is 11.6. The molecule has 4 rings (SSSR count). The smallest absolute Gasteiger partial charge is 0.259 e. The van der Waals surface area contributed by atoms with E-state index in [0.717, 1.165) is 30.4 Å². The van der Waals surface area contributed by atoms with Crippen LogP contribution in [0.3, 0.4) is 0 Å². The minimum absolute atomic E-state index is 0.0625. The zero-order valence-electron chi connectivity index (χ0n) is 19.5. The largest absolute Gasteiger partial charge is 0.472 e. The first kappa shape index (κ1) is 23.2. The lowest BCUT2D eigenvalue weighted by Crippen LogP contribution is -2.51. The van der Waals surface area contributed by atoms with Crippen molar-refractivity contribution in [3.05, 3.63) is 42.4 Å². The van der Waals surface area contributed by atoms with Gasteiger partial charge in [-0.05, 0) is 31.9 Å². The van der Waals surface area contributed by atoms with E-state index in [1.165, 1.54) is 0 Å². The molecule has 1 aliphatic carbocycles. The molecule has 176 valence electrons. The van der Waals surface area contributed by atoms with Gasteiger partial charge >= 0.3 is 0 Å². The number of aromatic nitrogens is 2. The van der Waals surface area contributed by atoms with E-state index < -0.39 is 0 Å². The van der Waals surface area contributed by atoms with Gasteiger partial charge in [0.2, 0.25) is 11.8 Å². The van der Waals surface area contributed by atoms with E-state index in [-0.39, 0.29) is 48.3 Å². The molecule has 33 heavy (non-hydrogen) atoms. The molecule has 0 bridgehead atoms. The van der Waals surface area contributed by atoms with E-state index in [1.807, 2.05) is 33.0 Å². The highest BCUT2D eigenvalue weighted by atomic mass is 16.5. The summed E-state index contributed by atoms with van der Waals surface area (Å²) in [6, 6.07) is 5.15. The Morgan fingerprint density at radius 1 is 1.33 bits per heavy atom. The van der Waals surface area contributed by atoms with Crippen molar-refractivity contribution in [2.45, 2.75) is 45.3 Å². The topological polar surface area (TPSA) is 95.9 Å². The third kappa shape index (κ3) is 4.85. The number of rotatable bonds is 6. The summed E-state index contributed by atoms with van der Waals surface area (Å²) in [6.07, 6.45) is 7.75. The van der Waals surface area contributed by atoms with Crippen LogP contribution >= 0.6 is 0 Å². The van der Waals surface area contributed by atoms with Gasteiger partial charge in [-0.2, -0.15) is 0 Å². The van der Waals surface area contributed by atoms with E-state index in [2.05, 4.69) is 9.97 Å². The predicted molar refractivity (Wildman–Crippen MR) is 124 cm³/mol. The van der Waals surface area contributed by atoms with Crippen LogP contribution < -0.4 is 4.74 Å². The summed E-state index contributed by atoms with van der Waals surface area (Å²) in [7, 11) is 1.81. The summed E-state index contributed by atoms with van der Waals surface area (Å²) < 4.78 is 6.29. The number of aliphatic hydroxyl groups is 1. The van der Waals surface area contributed by atoms with Crippen molar-refractivity contribution < 1.29 is 19.4 Å². The number of carbonyl (C=O) groups is 2. The van der Waals surface area contributed by atoms with Gasteiger partial charge in [0.1, 0.15) is 11.7 Å². The average molecular weight is 453 g/mol. The fourth-order valence-corrected chi connectivity index (χ4v) is 4.34. The Labute approximate surface area is 194 Å². The van der Waals surface area contributed by atoms with Gasteiger partial charge in [-0.15, -0.1) is 0 Å². The predicted octanol–water partition coefficient (Wildman–Crippen LogP) is 2.62. The molecule has 3 heterocycles. The Morgan fingerprint density at radius 3 is 2.76 bits per heavy atom. The number of hydrogen-bond acceptors (Lipinski definition) is 6. The number of aliphatic hydroxyl groups excluding tert-OH is 1. The summed E-state index contributed by atoms with van der Waals surface area (Å²) in [5.41, 5.74) is 1.96. The fourth-order valence-electron chi connectivity index (χ4n) is 4.34. The minimum Gasteiger partial charge on any atom is -0.472 e. The number of likely N-dealkylation sites (N-methyl/N-ethyl adjacent to an activating group) is 1.